The van der Waals surface area contributed by atoms with Gasteiger partial charge in [0.15, 0.2) is 5.82 Å². The average Bonchev–Trinajstić information content (AvgIpc) is 2.89. The van der Waals surface area contributed by atoms with Gasteiger partial charge in [0.25, 0.3) is 0 Å². The quantitative estimate of drug-likeness (QED) is 0.760. The number of hydrogen-bond acceptors (Lipinski definition) is 4. The van der Waals surface area contributed by atoms with E-state index >= 15 is 0 Å². The Bertz CT molecular complexity index is 572. The molecule has 0 spiro atoms. The van der Waals surface area contributed by atoms with E-state index in [0.29, 0.717) is 30.2 Å². The minimum absolute atomic E-state index is 0.197. The largest absolute Gasteiger partial charge is 0.339 e. The first-order valence-electron chi connectivity index (χ1n) is 7.14. The minimum atomic E-state index is -0.595. The minimum Gasteiger partial charge on any atom is -0.339 e. The molecule has 0 fully saturated rings. The first kappa shape index (κ1) is 15.6. The van der Waals surface area contributed by atoms with Crippen LogP contribution in [0.4, 0.5) is 8.78 Å². The third kappa shape index (κ3) is 4.90. The molecule has 6 heteroatoms. The predicted molar refractivity (Wildman–Crippen MR) is 74.7 cm³/mol. The van der Waals surface area contributed by atoms with Gasteiger partial charge >= 0.3 is 0 Å². The summed E-state index contributed by atoms with van der Waals surface area (Å²) in [5.41, 5.74) is 5.78. The van der Waals surface area contributed by atoms with Gasteiger partial charge in [-0.15, -0.1) is 0 Å². The van der Waals surface area contributed by atoms with E-state index < -0.39 is 11.6 Å². The molecule has 2 rings (SSSR count). The van der Waals surface area contributed by atoms with Crippen molar-refractivity contribution in [1.29, 1.82) is 0 Å². The molecule has 0 radical (unpaired) electrons. The molecule has 1 heterocycles. The fourth-order valence-corrected chi connectivity index (χ4v) is 2.07. The summed E-state index contributed by atoms with van der Waals surface area (Å²) in [4.78, 5) is 4.22. The molecule has 0 amide bonds. The standard InChI is InChI=1S/C15H19F2N3O/c16-12-7-6-11(13(17)10-12)9-14-19-15(21-20-14)5-3-1-2-4-8-18/h6-7,10H,1-5,8-9,18H2. The first-order valence-corrected chi connectivity index (χ1v) is 7.14. The molecular weight excluding hydrogens is 276 g/mol. The molecule has 2 aromatic rings. The van der Waals surface area contributed by atoms with Crippen molar-refractivity contribution in [2.45, 2.75) is 38.5 Å². The lowest BCUT2D eigenvalue weighted by Crippen LogP contribution is -1.98. The second kappa shape index (κ2) is 7.83. The van der Waals surface area contributed by atoms with E-state index in [-0.39, 0.29) is 6.42 Å². The van der Waals surface area contributed by atoms with Crippen LogP contribution in [0, 0.1) is 11.6 Å². The van der Waals surface area contributed by atoms with Crippen molar-refractivity contribution in [3.8, 4) is 0 Å². The number of hydrogen-bond donors (Lipinski definition) is 1. The SMILES string of the molecule is NCCCCCCc1nc(Cc2ccc(F)cc2F)no1. The van der Waals surface area contributed by atoms with Crippen molar-refractivity contribution in [2.24, 2.45) is 5.73 Å². The van der Waals surface area contributed by atoms with E-state index in [2.05, 4.69) is 10.1 Å². The van der Waals surface area contributed by atoms with E-state index in [1.54, 1.807) is 0 Å². The van der Waals surface area contributed by atoms with Gasteiger partial charge in [-0.3, -0.25) is 0 Å². The predicted octanol–water partition coefficient (Wildman–Crippen LogP) is 3.00. The highest BCUT2D eigenvalue weighted by atomic mass is 19.1. The average molecular weight is 295 g/mol. The summed E-state index contributed by atoms with van der Waals surface area (Å²) in [7, 11) is 0. The number of aromatic nitrogens is 2. The van der Waals surface area contributed by atoms with Crippen LogP contribution in [0.15, 0.2) is 22.7 Å². The molecule has 21 heavy (non-hydrogen) atoms. The Morgan fingerprint density at radius 2 is 1.90 bits per heavy atom. The van der Waals surface area contributed by atoms with Gasteiger partial charge in [0, 0.05) is 18.9 Å². The first-order chi connectivity index (χ1) is 10.2. The van der Waals surface area contributed by atoms with Crippen molar-refractivity contribution in [3.63, 3.8) is 0 Å². The zero-order valence-corrected chi connectivity index (χ0v) is 11.8. The zero-order chi connectivity index (χ0) is 15.1. The summed E-state index contributed by atoms with van der Waals surface area (Å²) in [6.45, 7) is 0.716. The van der Waals surface area contributed by atoms with Crippen LogP contribution in [-0.4, -0.2) is 16.7 Å². The molecule has 0 saturated carbocycles. The van der Waals surface area contributed by atoms with Crippen molar-refractivity contribution in [2.75, 3.05) is 6.54 Å². The van der Waals surface area contributed by atoms with Gasteiger partial charge in [-0.25, -0.2) is 8.78 Å². The molecule has 0 saturated heterocycles. The Morgan fingerprint density at radius 3 is 2.67 bits per heavy atom. The van der Waals surface area contributed by atoms with E-state index in [9.17, 15) is 8.78 Å². The molecule has 0 bridgehead atoms. The van der Waals surface area contributed by atoms with Crippen LogP contribution < -0.4 is 5.73 Å². The molecule has 0 aliphatic carbocycles. The highest BCUT2D eigenvalue weighted by molar-refractivity contribution is 5.21. The maximum absolute atomic E-state index is 13.5. The number of nitrogens with zero attached hydrogens (tertiary/aromatic N) is 2. The topological polar surface area (TPSA) is 64.9 Å². The van der Waals surface area contributed by atoms with Crippen molar-refractivity contribution < 1.29 is 13.3 Å². The van der Waals surface area contributed by atoms with Gasteiger partial charge in [0.1, 0.15) is 11.6 Å². The Hall–Kier alpha value is -1.82. The molecule has 0 aliphatic rings. The highest BCUT2D eigenvalue weighted by Crippen LogP contribution is 2.14. The van der Waals surface area contributed by atoms with E-state index in [1.807, 2.05) is 0 Å². The smallest absolute Gasteiger partial charge is 0.226 e. The van der Waals surface area contributed by atoms with Crippen LogP contribution in [0.25, 0.3) is 0 Å². The molecule has 114 valence electrons. The number of unbranched alkanes of at least 4 members (excludes halogenated alkanes) is 3. The van der Waals surface area contributed by atoms with Crippen LogP contribution in [0.1, 0.15) is 43.0 Å². The third-order valence-electron chi connectivity index (χ3n) is 3.22. The van der Waals surface area contributed by atoms with Crippen LogP contribution in [-0.2, 0) is 12.8 Å². The van der Waals surface area contributed by atoms with Gasteiger partial charge in [0.05, 0.1) is 0 Å². The van der Waals surface area contributed by atoms with E-state index in [4.69, 9.17) is 10.3 Å². The van der Waals surface area contributed by atoms with Gasteiger partial charge < -0.3 is 10.3 Å². The van der Waals surface area contributed by atoms with Crippen molar-refractivity contribution >= 4 is 0 Å². The number of nitrogens with two attached hydrogens (primary N) is 1. The van der Waals surface area contributed by atoms with Gasteiger partial charge in [0.2, 0.25) is 5.89 Å². The fourth-order valence-electron chi connectivity index (χ4n) is 2.07. The molecule has 0 unspecified atom stereocenters. The molecule has 1 aromatic carbocycles. The lowest BCUT2D eigenvalue weighted by molar-refractivity contribution is 0.369. The zero-order valence-electron chi connectivity index (χ0n) is 11.8. The molecule has 1 aromatic heterocycles. The molecule has 4 nitrogen and oxygen atoms in total. The molecule has 0 atom stereocenters. The van der Waals surface area contributed by atoms with Crippen molar-refractivity contribution in [3.05, 3.63) is 47.1 Å². The summed E-state index contributed by atoms with van der Waals surface area (Å²) < 4.78 is 31.5. The Labute approximate surface area is 122 Å². The second-order valence-electron chi connectivity index (χ2n) is 4.97. The summed E-state index contributed by atoms with van der Waals surface area (Å²) in [6.07, 6.45) is 5.07. The molecule has 2 N–H and O–H groups in total. The summed E-state index contributed by atoms with van der Waals surface area (Å²) in [5, 5.41) is 3.82. The number of benzene rings is 1. The maximum Gasteiger partial charge on any atom is 0.226 e. The third-order valence-corrected chi connectivity index (χ3v) is 3.22. The van der Waals surface area contributed by atoms with Gasteiger partial charge in [-0.2, -0.15) is 4.98 Å². The summed E-state index contributed by atoms with van der Waals surface area (Å²) >= 11 is 0. The Kier molecular flexibility index (Phi) is 5.80. The van der Waals surface area contributed by atoms with E-state index in [0.717, 1.165) is 31.7 Å². The monoisotopic (exact) mass is 295 g/mol. The van der Waals surface area contributed by atoms with Crippen LogP contribution >= 0.6 is 0 Å². The summed E-state index contributed by atoms with van der Waals surface area (Å²) in [5.74, 6) is -0.219. The van der Waals surface area contributed by atoms with Crippen LogP contribution in [0.2, 0.25) is 0 Å². The van der Waals surface area contributed by atoms with Crippen LogP contribution in [0.5, 0.6) is 0 Å². The maximum atomic E-state index is 13.5. The van der Waals surface area contributed by atoms with Gasteiger partial charge in [-0.05, 0) is 31.0 Å². The number of aryl methyl sites for hydroxylation is 1. The highest BCUT2D eigenvalue weighted by Gasteiger charge is 2.10. The molecular formula is C15H19F2N3O. The number of rotatable bonds is 8. The number of halogens is 2. The van der Waals surface area contributed by atoms with Crippen molar-refractivity contribution in [1.82, 2.24) is 10.1 Å². The fraction of sp³-hybridized carbons (Fsp3) is 0.467. The molecule has 0 aliphatic heterocycles. The normalized spacial score (nSPS) is 11.0. The Morgan fingerprint density at radius 1 is 1.10 bits per heavy atom. The summed E-state index contributed by atoms with van der Waals surface area (Å²) in [6, 6.07) is 3.47. The Balaban J connectivity index is 1.85. The van der Waals surface area contributed by atoms with E-state index in [1.165, 1.54) is 12.1 Å². The second-order valence-corrected chi connectivity index (χ2v) is 4.97. The lowest BCUT2D eigenvalue weighted by atomic mass is 10.1. The lowest BCUT2D eigenvalue weighted by Gasteiger charge is -1.99. The van der Waals surface area contributed by atoms with Crippen LogP contribution in [0.3, 0.4) is 0 Å². The van der Waals surface area contributed by atoms with Gasteiger partial charge in [-0.1, -0.05) is 24.1 Å².